The number of rotatable bonds is 5. The maximum atomic E-state index is 5.86. The van der Waals surface area contributed by atoms with Crippen LogP contribution in [0.25, 0.3) is 0 Å². The summed E-state index contributed by atoms with van der Waals surface area (Å²) in [7, 11) is 0. The first-order valence-corrected chi connectivity index (χ1v) is 7.20. The van der Waals surface area contributed by atoms with Crippen molar-refractivity contribution in [1.29, 1.82) is 0 Å². The van der Waals surface area contributed by atoms with Gasteiger partial charge in [-0.15, -0.1) is 0 Å². The van der Waals surface area contributed by atoms with Gasteiger partial charge in [0, 0.05) is 6.04 Å². The van der Waals surface area contributed by atoms with Gasteiger partial charge in [0.2, 0.25) is 0 Å². The first-order chi connectivity index (χ1) is 9.22. The highest BCUT2D eigenvalue weighted by atomic mass is 16.6. The number of ether oxygens (including phenoxy) is 2. The van der Waals surface area contributed by atoms with E-state index in [4.69, 9.17) is 9.47 Å². The minimum Gasteiger partial charge on any atom is -0.376 e. The summed E-state index contributed by atoms with van der Waals surface area (Å²) in [6.07, 6.45) is 1.16. The largest absolute Gasteiger partial charge is 0.376 e. The van der Waals surface area contributed by atoms with E-state index in [2.05, 4.69) is 44.3 Å². The van der Waals surface area contributed by atoms with Crippen molar-refractivity contribution < 1.29 is 9.47 Å². The van der Waals surface area contributed by atoms with Gasteiger partial charge in [-0.05, 0) is 43.5 Å². The molecule has 106 valence electrons. The van der Waals surface area contributed by atoms with E-state index in [9.17, 15) is 0 Å². The Morgan fingerprint density at radius 3 is 2.58 bits per heavy atom. The fourth-order valence-electron chi connectivity index (χ4n) is 2.73. The molecule has 0 aromatic heterocycles. The summed E-state index contributed by atoms with van der Waals surface area (Å²) in [5, 5.41) is 3.55. The van der Waals surface area contributed by atoms with Gasteiger partial charge in [-0.3, -0.25) is 0 Å². The highest BCUT2D eigenvalue weighted by Gasteiger charge is 2.25. The molecule has 0 spiro atoms. The Bertz CT molecular complexity index is 379. The van der Waals surface area contributed by atoms with Crippen molar-refractivity contribution in [1.82, 2.24) is 5.32 Å². The molecule has 1 aromatic carbocycles. The molecule has 1 aliphatic heterocycles. The van der Waals surface area contributed by atoms with Crippen LogP contribution in [0.3, 0.4) is 0 Å². The Morgan fingerprint density at radius 2 is 2.00 bits per heavy atom. The topological polar surface area (TPSA) is 30.5 Å². The molecule has 0 saturated carbocycles. The standard InChI is InChI=1S/C16H25NO2/c1-4-17-15(16-11-18-8-9-19-16)10-14-12(2)6-5-7-13(14)3/h5-7,15-17H,4,8-11H2,1-3H3. The quantitative estimate of drug-likeness (QED) is 0.884. The Balaban J connectivity index is 2.11. The summed E-state index contributed by atoms with van der Waals surface area (Å²) in [6.45, 7) is 9.59. The van der Waals surface area contributed by atoms with Crippen molar-refractivity contribution in [2.75, 3.05) is 26.4 Å². The average Bonchev–Trinajstić information content (AvgIpc) is 2.43. The summed E-state index contributed by atoms with van der Waals surface area (Å²) in [5.74, 6) is 0. The molecule has 1 heterocycles. The second kappa shape index (κ2) is 7.04. The highest BCUT2D eigenvalue weighted by Crippen LogP contribution is 2.18. The van der Waals surface area contributed by atoms with E-state index in [1.165, 1.54) is 16.7 Å². The van der Waals surface area contributed by atoms with Gasteiger partial charge in [-0.1, -0.05) is 25.1 Å². The molecule has 2 unspecified atom stereocenters. The summed E-state index contributed by atoms with van der Waals surface area (Å²) >= 11 is 0. The van der Waals surface area contributed by atoms with Crippen LogP contribution in [-0.2, 0) is 15.9 Å². The Labute approximate surface area is 116 Å². The number of hydrogen-bond donors (Lipinski definition) is 1. The predicted molar refractivity (Wildman–Crippen MR) is 77.6 cm³/mol. The highest BCUT2D eigenvalue weighted by molar-refractivity contribution is 5.34. The SMILES string of the molecule is CCNC(Cc1c(C)cccc1C)C1COCCO1. The lowest BCUT2D eigenvalue weighted by Gasteiger charge is -2.31. The van der Waals surface area contributed by atoms with Crippen molar-refractivity contribution in [3.8, 4) is 0 Å². The van der Waals surface area contributed by atoms with Gasteiger partial charge < -0.3 is 14.8 Å². The van der Waals surface area contributed by atoms with Crippen molar-refractivity contribution in [2.24, 2.45) is 0 Å². The summed E-state index contributed by atoms with van der Waals surface area (Å²) in [4.78, 5) is 0. The van der Waals surface area contributed by atoms with Gasteiger partial charge in [0.05, 0.1) is 25.9 Å². The zero-order valence-electron chi connectivity index (χ0n) is 12.2. The average molecular weight is 263 g/mol. The third kappa shape index (κ3) is 3.78. The van der Waals surface area contributed by atoms with Crippen LogP contribution in [0.15, 0.2) is 18.2 Å². The van der Waals surface area contributed by atoms with Gasteiger partial charge in [0.25, 0.3) is 0 Å². The van der Waals surface area contributed by atoms with Crippen molar-refractivity contribution >= 4 is 0 Å². The molecular weight excluding hydrogens is 238 g/mol. The molecule has 1 aromatic rings. The van der Waals surface area contributed by atoms with Gasteiger partial charge in [-0.25, -0.2) is 0 Å². The lowest BCUT2D eigenvalue weighted by Crippen LogP contribution is -2.48. The van der Waals surface area contributed by atoms with Crippen LogP contribution < -0.4 is 5.32 Å². The summed E-state index contributed by atoms with van der Waals surface area (Å²) < 4.78 is 11.4. The molecule has 2 atom stereocenters. The maximum Gasteiger partial charge on any atom is 0.0965 e. The number of hydrogen-bond acceptors (Lipinski definition) is 3. The molecule has 2 rings (SSSR count). The number of aryl methyl sites for hydroxylation is 2. The smallest absolute Gasteiger partial charge is 0.0965 e. The molecule has 0 amide bonds. The van der Waals surface area contributed by atoms with Crippen LogP contribution in [0.5, 0.6) is 0 Å². The van der Waals surface area contributed by atoms with Crippen LogP contribution in [-0.4, -0.2) is 38.5 Å². The summed E-state index contributed by atoms with van der Waals surface area (Å²) in [5.41, 5.74) is 4.15. The lowest BCUT2D eigenvalue weighted by atomic mass is 9.94. The number of nitrogens with one attached hydrogen (secondary N) is 1. The van der Waals surface area contributed by atoms with Crippen LogP contribution in [0.1, 0.15) is 23.6 Å². The van der Waals surface area contributed by atoms with E-state index in [1.807, 2.05) is 0 Å². The van der Waals surface area contributed by atoms with Crippen molar-refractivity contribution in [3.05, 3.63) is 34.9 Å². The molecule has 1 aliphatic rings. The molecule has 1 saturated heterocycles. The third-order valence-electron chi connectivity index (χ3n) is 3.83. The maximum absolute atomic E-state index is 5.86. The van der Waals surface area contributed by atoms with Crippen LogP contribution in [0.4, 0.5) is 0 Å². The number of likely N-dealkylation sites (N-methyl/N-ethyl adjacent to an activating group) is 1. The van der Waals surface area contributed by atoms with Crippen LogP contribution in [0.2, 0.25) is 0 Å². The summed E-state index contributed by atoms with van der Waals surface area (Å²) in [6, 6.07) is 6.81. The second-order valence-electron chi connectivity index (χ2n) is 5.22. The number of benzene rings is 1. The Kier molecular flexibility index (Phi) is 5.37. The fraction of sp³-hybridized carbons (Fsp3) is 0.625. The molecular formula is C16H25NO2. The molecule has 3 nitrogen and oxygen atoms in total. The van der Waals surface area contributed by atoms with Gasteiger partial charge >= 0.3 is 0 Å². The zero-order chi connectivity index (χ0) is 13.7. The first kappa shape index (κ1) is 14.5. The Hall–Kier alpha value is -0.900. The molecule has 3 heteroatoms. The van der Waals surface area contributed by atoms with E-state index in [-0.39, 0.29) is 6.10 Å². The van der Waals surface area contributed by atoms with Crippen LogP contribution in [0, 0.1) is 13.8 Å². The van der Waals surface area contributed by atoms with Gasteiger partial charge in [0.1, 0.15) is 0 Å². The predicted octanol–water partition coefficient (Wildman–Crippen LogP) is 2.24. The lowest BCUT2D eigenvalue weighted by molar-refractivity contribution is -0.101. The van der Waals surface area contributed by atoms with E-state index in [1.54, 1.807) is 0 Å². The fourth-order valence-corrected chi connectivity index (χ4v) is 2.73. The third-order valence-corrected chi connectivity index (χ3v) is 3.83. The molecule has 0 radical (unpaired) electrons. The monoisotopic (exact) mass is 263 g/mol. The normalized spacial score (nSPS) is 21.3. The van der Waals surface area contributed by atoms with Gasteiger partial charge in [-0.2, -0.15) is 0 Å². The van der Waals surface area contributed by atoms with E-state index in [0.29, 0.717) is 19.3 Å². The molecule has 0 bridgehead atoms. The Morgan fingerprint density at radius 1 is 1.26 bits per heavy atom. The van der Waals surface area contributed by atoms with Gasteiger partial charge in [0.15, 0.2) is 0 Å². The van der Waals surface area contributed by atoms with E-state index >= 15 is 0 Å². The first-order valence-electron chi connectivity index (χ1n) is 7.20. The molecule has 1 N–H and O–H groups in total. The van der Waals surface area contributed by atoms with Crippen LogP contribution >= 0.6 is 0 Å². The zero-order valence-corrected chi connectivity index (χ0v) is 12.2. The van der Waals surface area contributed by atoms with E-state index < -0.39 is 0 Å². The molecule has 1 fully saturated rings. The minimum absolute atomic E-state index is 0.160. The molecule has 19 heavy (non-hydrogen) atoms. The molecule has 0 aliphatic carbocycles. The minimum atomic E-state index is 0.160. The van der Waals surface area contributed by atoms with Crippen molar-refractivity contribution in [2.45, 2.75) is 39.3 Å². The second-order valence-corrected chi connectivity index (χ2v) is 5.22. The van der Waals surface area contributed by atoms with Crippen molar-refractivity contribution in [3.63, 3.8) is 0 Å². The van der Waals surface area contributed by atoms with E-state index in [0.717, 1.165) is 19.6 Å².